The number of carbonyl (C=O) groups is 1. The van der Waals surface area contributed by atoms with E-state index in [1.165, 1.54) is 0 Å². The van der Waals surface area contributed by atoms with Crippen molar-refractivity contribution in [1.82, 2.24) is 14.7 Å². The number of nitrogens with one attached hydrogen (secondary N) is 1. The molecular weight excluding hydrogens is 326 g/mol. The molecule has 3 heterocycles. The van der Waals surface area contributed by atoms with E-state index in [1.54, 1.807) is 4.57 Å². The Bertz CT molecular complexity index is 1020. The number of aromatic amines is 1. The van der Waals surface area contributed by atoms with E-state index < -0.39 is 5.97 Å². The van der Waals surface area contributed by atoms with E-state index in [-0.39, 0.29) is 24.8 Å². The van der Waals surface area contributed by atoms with Crippen molar-refractivity contribution in [3.8, 4) is 16.9 Å². The zero-order valence-corrected chi connectivity index (χ0v) is 13.8. The lowest BCUT2D eigenvalue weighted by Gasteiger charge is -2.26. The number of aromatic nitrogens is 3. The molecule has 0 fully saturated rings. The van der Waals surface area contributed by atoms with Crippen LogP contribution in [0.1, 0.15) is 30.3 Å². The zero-order valence-electron chi connectivity index (χ0n) is 13.8. The number of hydrogen-bond donors (Lipinski definition) is 2. The van der Waals surface area contributed by atoms with Crippen LogP contribution in [0.3, 0.4) is 0 Å². The van der Waals surface area contributed by atoms with E-state index in [4.69, 9.17) is 14.4 Å². The number of imidazole rings is 1. The minimum absolute atomic E-state index is 0.0218. The van der Waals surface area contributed by atoms with Crippen molar-refractivity contribution in [2.45, 2.75) is 32.7 Å². The largest absolute Gasteiger partial charge is 0.488 e. The van der Waals surface area contributed by atoms with Crippen LogP contribution in [0, 0.1) is 13.8 Å². The number of H-pyrrole nitrogens is 1. The fraction of sp³-hybridized carbons (Fsp3) is 0.353. The lowest BCUT2D eigenvalue weighted by Crippen LogP contribution is -2.30. The van der Waals surface area contributed by atoms with Gasteiger partial charge in [0.1, 0.15) is 17.9 Å². The molecule has 25 heavy (non-hydrogen) atoms. The van der Waals surface area contributed by atoms with Gasteiger partial charge in [0.2, 0.25) is 0 Å². The van der Waals surface area contributed by atoms with Gasteiger partial charge in [-0.2, -0.15) is 0 Å². The first-order valence-electron chi connectivity index (χ1n) is 8.02. The van der Waals surface area contributed by atoms with Gasteiger partial charge in [0, 0.05) is 12.0 Å². The fourth-order valence-corrected chi connectivity index (χ4v) is 3.50. The molecule has 1 aliphatic heterocycles. The van der Waals surface area contributed by atoms with Crippen LogP contribution in [0.15, 0.2) is 21.5 Å². The van der Waals surface area contributed by atoms with Crippen molar-refractivity contribution < 1.29 is 19.2 Å². The maximum atomic E-state index is 12.4. The monoisotopic (exact) mass is 343 g/mol. The predicted molar refractivity (Wildman–Crippen MR) is 88.9 cm³/mol. The third-order valence-corrected chi connectivity index (χ3v) is 4.61. The van der Waals surface area contributed by atoms with Gasteiger partial charge in [0.15, 0.2) is 5.75 Å². The molecule has 130 valence electrons. The summed E-state index contributed by atoms with van der Waals surface area (Å²) in [6, 6.07) is 3.38. The quantitative estimate of drug-likeness (QED) is 0.752. The fourth-order valence-electron chi connectivity index (χ4n) is 3.50. The molecule has 3 aromatic rings. The summed E-state index contributed by atoms with van der Waals surface area (Å²) < 4.78 is 12.8. The topological polar surface area (TPSA) is 110 Å². The van der Waals surface area contributed by atoms with E-state index in [2.05, 4.69) is 10.1 Å². The van der Waals surface area contributed by atoms with E-state index in [9.17, 15) is 9.59 Å². The number of carboxylic acids is 1. The minimum Gasteiger partial charge on any atom is -0.488 e. The summed E-state index contributed by atoms with van der Waals surface area (Å²) >= 11 is 0. The first kappa shape index (κ1) is 15.5. The summed E-state index contributed by atoms with van der Waals surface area (Å²) in [6.07, 6.45) is 0.309. The van der Waals surface area contributed by atoms with Gasteiger partial charge < -0.3 is 19.4 Å². The molecule has 0 amide bonds. The number of rotatable bonds is 4. The van der Waals surface area contributed by atoms with Crippen LogP contribution in [0.25, 0.3) is 22.2 Å². The summed E-state index contributed by atoms with van der Waals surface area (Å²) in [4.78, 5) is 26.1. The highest BCUT2D eigenvalue weighted by atomic mass is 16.5. The highest BCUT2D eigenvalue weighted by Gasteiger charge is 2.29. The van der Waals surface area contributed by atoms with Crippen LogP contribution >= 0.6 is 0 Å². The van der Waals surface area contributed by atoms with Gasteiger partial charge >= 0.3 is 11.7 Å². The summed E-state index contributed by atoms with van der Waals surface area (Å²) in [7, 11) is 0. The Morgan fingerprint density at radius 1 is 1.44 bits per heavy atom. The van der Waals surface area contributed by atoms with Gasteiger partial charge in [-0.15, -0.1) is 0 Å². The summed E-state index contributed by atoms with van der Waals surface area (Å²) in [5.74, 6) is 0.376. The molecule has 0 saturated carbocycles. The lowest BCUT2D eigenvalue weighted by molar-refractivity contribution is -0.137. The molecule has 0 saturated heterocycles. The second kappa shape index (κ2) is 5.51. The van der Waals surface area contributed by atoms with Gasteiger partial charge in [0.05, 0.1) is 22.8 Å². The summed E-state index contributed by atoms with van der Waals surface area (Å²) in [5.41, 5.74) is 3.47. The number of hydrogen-bond acceptors (Lipinski definition) is 5. The normalized spacial score (nSPS) is 16.2. The van der Waals surface area contributed by atoms with Gasteiger partial charge in [-0.1, -0.05) is 5.16 Å². The third kappa shape index (κ3) is 2.33. The van der Waals surface area contributed by atoms with Crippen molar-refractivity contribution in [2.75, 3.05) is 6.61 Å². The second-order valence-electron chi connectivity index (χ2n) is 6.23. The van der Waals surface area contributed by atoms with E-state index in [1.807, 2.05) is 26.0 Å². The highest BCUT2D eigenvalue weighted by molar-refractivity contribution is 5.92. The first-order chi connectivity index (χ1) is 12.0. The number of aryl methyl sites for hydroxylation is 2. The van der Waals surface area contributed by atoms with Gasteiger partial charge in [-0.3, -0.25) is 9.36 Å². The Labute approximate surface area is 142 Å². The van der Waals surface area contributed by atoms with Crippen molar-refractivity contribution in [3.05, 3.63) is 34.1 Å². The molecule has 0 spiro atoms. The number of aliphatic carboxylic acids is 1. The first-order valence-corrected chi connectivity index (χ1v) is 8.02. The van der Waals surface area contributed by atoms with Crippen molar-refractivity contribution in [3.63, 3.8) is 0 Å². The molecule has 2 N–H and O–H groups in total. The molecule has 0 bridgehead atoms. The molecule has 2 aromatic heterocycles. The number of nitrogens with zero attached hydrogens (tertiary/aromatic N) is 2. The van der Waals surface area contributed by atoms with Crippen LogP contribution in [-0.2, 0) is 4.79 Å². The van der Waals surface area contributed by atoms with Crippen LogP contribution in [0.4, 0.5) is 0 Å². The summed E-state index contributed by atoms with van der Waals surface area (Å²) in [5, 5.41) is 12.9. The van der Waals surface area contributed by atoms with Crippen LogP contribution in [-0.4, -0.2) is 32.4 Å². The maximum absolute atomic E-state index is 12.4. The smallest absolute Gasteiger partial charge is 0.326 e. The van der Waals surface area contributed by atoms with E-state index in [0.717, 1.165) is 16.8 Å². The number of carboxylic acid groups (broad SMARTS) is 1. The zero-order chi connectivity index (χ0) is 17.7. The Balaban J connectivity index is 1.92. The third-order valence-electron chi connectivity index (χ3n) is 4.61. The molecule has 0 radical (unpaired) electrons. The van der Waals surface area contributed by atoms with Gasteiger partial charge in [-0.05, 0) is 32.4 Å². The molecule has 1 aromatic carbocycles. The Morgan fingerprint density at radius 3 is 2.92 bits per heavy atom. The van der Waals surface area contributed by atoms with Crippen molar-refractivity contribution in [2.24, 2.45) is 0 Å². The molecular formula is C17H17N3O5. The van der Waals surface area contributed by atoms with Gasteiger partial charge in [-0.25, -0.2) is 4.79 Å². The average Bonchev–Trinajstić information content (AvgIpc) is 3.08. The molecule has 1 unspecified atom stereocenters. The van der Waals surface area contributed by atoms with Gasteiger partial charge in [0.25, 0.3) is 0 Å². The van der Waals surface area contributed by atoms with Crippen LogP contribution in [0.2, 0.25) is 0 Å². The Morgan fingerprint density at radius 2 is 2.24 bits per heavy atom. The molecule has 1 aliphatic rings. The minimum atomic E-state index is -0.893. The van der Waals surface area contributed by atoms with E-state index in [0.29, 0.717) is 29.0 Å². The molecule has 0 aliphatic carbocycles. The highest BCUT2D eigenvalue weighted by Crippen LogP contribution is 2.42. The van der Waals surface area contributed by atoms with Crippen molar-refractivity contribution in [1.29, 1.82) is 0 Å². The Hall–Kier alpha value is -3.03. The van der Waals surface area contributed by atoms with Crippen LogP contribution < -0.4 is 10.4 Å². The lowest BCUT2D eigenvalue weighted by atomic mass is 10.0. The molecule has 4 rings (SSSR count). The SMILES string of the molecule is Cc1noc(C)c1-c1ccc2[nH]c(=O)n3c2c1OCC3CCC(=O)O. The van der Waals surface area contributed by atoms with Crippen LogP contribution in [0.5, 0.6) is 5.75 Å². The van der Waals surface area contributed by atoms with Crippen molar-refractivity contribution >= 4 is 17.0 Å². The maximum Gasteiger partial charge on any atom is 0.326 e. The standard InChI is InChI=1S/C17H17N3O5/c1-8-14(9(2)25-19-8)11-4-5-12-15-16(11)24-7-10(3-6-13(21)22)20(15)17(23)18-12/h4-5,10H,3,6-7H2,1-2H3,(H,18,23)(H,21,22). The summed E-state index contributed by atoms with van der Waals surface area (Å²) in [6.45, 7) is 3.92. The number of benzene rings is 1. The molecule has 8 heteroatoms. The second-order valence-corrected chi connectivity index (χ2v) is 6.23. The molecule has 8 nitrogen and oxygen atoms in total. The number of ether oxygens (including phenoxy) is 1. The van der Waals surface area contributed by atoms with E-state index >= 15 is 0 Å². The Kier molecular flexibility index (Phi) is 3.41. The molecule has 1 atom stereocenters. The predicted octanol–water partition coefficient (Wildman–Crippen LogP) is 2.40. The average molecular weight is 343 g/mol.